The number of para-hydroxylation sites is 1. The number of anilines is 2. The normalized spacial score (nSPS) is 10.2. The molecule has 2 rings (SSSR count). The van der Waals surface area contributed by atoms with E-state index in [1.54, 1.807) is 43.4 Å². The Balaban J connectivity index is 2.10. The molecular formula is C15H16FN3O2. The number of nitro groups is 1. The first-order chi connectivity index (χ1) is 10.1. The zero-order valence-corrected chi connectivity index (χ0v) is 11.6. The summed E-state index contributed by atoms with van der Waals surface area (Å²) in [6.45, 7) is 0.412. The smallest absolute Gasteiger partial charge is 0.315 e. The molecule has 0 saturated carbocycles. The van der Waals surface area contributed by atoms with Gasteiger partial charge in [0.05, 0.1) is 4.92 Å². The van der Waals surface area contributed by atoms with E-state index in [1.165, 1.54) is 6.07 Å². The number of nitrogens with one attached hydrogen (secondary N) is 2. The number of nitrogens with zero attached hydrogens (tertiary/aromatic N) is 1. The topological polar surface area (TPSA) is 67.2 Å². The van der Waals surface area contributed by atoms with Crippen LogP contribution in [0.5, 0.6) is 0 Å². The molecule has 6 heteroatoms. The van der Waals surface area contributed by atoms with Gasteiger partial charge in [-0.2, -0.15) is 0 Å². The van der Waals surface area contributed by atoms with Crippen LogP contribution in [0.25, 0.3) is 0 Å². The van der Waals surface area contributed by atoms with Crippen LogP contribution in [0, 0.1) is 15.9 Å². The monoisotopic (exact) mass is 289 g/mol. The minimum atomic E-state index is -0.433. The number of nitro benzene ring substituents is 1. The van der Waals surface area contributed by atoms with Crippen LogP contribution in [-0.4, -0.2) is 18.5 Å². The third kappa shape index (κ3) is 3.47. The summed E-state index contributed by atoms with van der Waals surface area (Å²) in [5.74, 6) is -0.266. The molecule has 0 atom stereocenters. The summed E-state index contributed by atoms with van der Waals surface area (Å²) in [6.07, 6.45) is 0.452. The molecule has 0 unspecified atom stereocenters. The molecule has 0 aliphatic rings. The Morgan fingerprint density at radius 2 is 1.86 bits per heavy atom. The number of halogens is 1. The highest BCUT2D eigenvalue weighted by molar-refractivity contribution is 5.76. The van der Waals surface area contributed by atoms with Crippen molar-refractivity contribution in [1.82, 2.24) is 0 Å². The highest BCUT2D eigenvalue weighted by Crippen LogP contribution is 2.32. The molecule has 0 spiro atoms. The standard InChI is InChI=1S/C15H16FN3O2/c1-17-13-7-4-8-14(15(13)19(20)21)18-10-9-11-5-2-3-6-12(11)16/h2-8,17-18H,9-10H2,1H3. The maximum Gasteiger partial charge on any atom is 0.315 e. The second-order valence-corrected chi connectivity index (χ2v) is 4.48. The number of rotatable bonds is 6. The van der Waals surface area contributed by atoms with Gasteiger partial charge in [-0.15, -0.1) is 0 Å². The quantitative estimate of drug-likeness (QED) is 0.631. The number of hydrogen-bond donors (Lipinski definition) is 2. The van der Waals surface area contributed by atoms with Crippen molar-refractivity contribution in [1.29, 1.82) is 0 Å². The van der Waals surface area contributed by atoms with Crippen LogP contribution in [0.2, 0.25) is 0 Å². The number of hydrogen-bond acceptors (Lipinski definition) is 4. The lowest BCUT2D eigenvalue weighted by atomic mass is 10.1. The number of benzene rings is 2. The third-order valence-electron chi connectivity index (χ3n) is 3.16. The molecular weight excluding hydrogens is 273 g/mol. The van der Waals surface area contributed by atoms with Gasteiger partial charge in [0.15, 0.2) is 0 Å². The molecule has 110 valence electrons. The van der Waals surface area contributed by atoms with Crippen molar-refractivity contribution < 1.29 is 9.31 Å². The van der Waals surface area contributed by atoms with E-state index in [-0.39, 0.29) is 11.5 Å². The summed E-state index contributed by atoms with van der Waals surface area (Å²) in [4.78, 5) is 10.7. The first-order valence-corrected chi connectivity index (χ1v) is 6.56. The van der Waals surface area contributed by atoms with Crippen LogP contribution in [0.3, 0.4) is 0 Å². The average molecular weight is 289 g/mol. The third-order valence-corrected chi connectivity index (χ3v) is 3.16. The van der Waals surface area contributed by atoms with E-state index in [0.29, 0.717) is 29.9 Å². The Morgan fingerprint density at radius 1 is 1.14 bits per heavy atom. The summed E-state index contributed by atoms with van der Waals surface area (Å²) in [5.41, 5.74) is 1.44. The van der Waals surface area contributed by atoms with Crippen LogP contribution in [0.1, 0.15) is 5.56 Å². The fraction of sp³-hybridized carbons (Fsp3) is 0.200. The summed E-state index contributed by atoms with van der Waals surface area (Å²) < 4.78 is 13.5. The zero-order chi connectivity index (χ0) is 15.2. The molecule has 0 aromatic heterocycles. The Labute approximate surface area is 122 Å². The highest BCUT2D eigenvalue weighted by Gasteiger charge is 2.18. The first kappa shape index (κ1) is 14.8. The lowest BCUT2D eigenvalue weighted by molar-refractivity contribution is -0.383. The first-order valence-electron chi connectivity index (χ1n) is 6.56. The molecule has 0 fully saturated rings. The van der Waals surface area contributed by atoms with E-state index in [4.69, 9.17) is 0 Å². The van der Waals surface area contributed by atoms with E-state index in [1.807, 2.05) is 0 Å². The molecule has 0 bridgehead atoms. The van der Waals surface area contributed by atoms with Crippen molar-refractivity contribution in [3.8, 4) is 0 Å². The minimum Gasteiger partial charge on any atom is -0.382 e. The van der Waals surface area contributed by atoms with Gasteiger partial charge in [-0.25, -0.2) is 4.39 Å². The van der Waals surface area contributed by atoms with Crippen molar-refractivity contribution >= 4 is 17.1 Å². The van der Waals surface area contributed by atoms with Crippen molar-refractivity contribution in [3.05, 3.63) is 64.0 Å². The van der Waals surface area contributed by atoms with Crippen LogP contribution in [0.4, 0.5) is 21.5 Å². The fourth-order valence-electron chi connectivity index (χ4n) is 2.12. The van der Waals surface area contributed by atoms with E-state index in [0.717, 1.165) is 0 Å². The van der Waals surface area contributed by atoms with E-state index >= 15 is 0 Å². The van der Waals surface area contributed by atoms with E-state index < -0.39 is 4.92 Å². The van der Waals surface area contributed by atoms with Crippen molar-refractivity contribution in [2.75, 3.05) is 24.2 Å². The highest BCUT2D eigenvalue weighted by atomic mass is 19.1. The van der Waals surface area contributed by atoms with Crippen molar-refractivity contribution in [2.45, 2.75) is 6.42 Å². The van der Waals surface area contributed by atoms with Gasteiger partial charge in [0.25, 0.3) is 0 Å². The largest absolute Gasteiger partial charge is 0.382 e. The average Bonchev–Trinajstić information content (AvgIpc) is 2.48. The molecule has 2 aromatic rings. The van der Waals surface area contributed by atoms with Gasteiger partial charge >= 0.3 is 5.69 Å². The van der Waals surface area contributed by atoms with E-state index in [9.17, 15) is 14.5 Å². The summed E-state index contributed by atoms with van der Waals surface area (Å²) in [5, 5.41) is 16.9. The summed E-state index contributed by atoms with van der Waals surface area (Å²) in [7, 11) is 1.63. The molecule has 0 amide bonds. The van der Waals surface area contributed by atoms with Gasteiger partial charge in [0.1, 0.15) is 17.2 Å². The second kappa shape index (κ2) is 6.69. The fourth-order valence-corrected chi connectivity index (χ4v) is 2.12. The molecule has 0 aliphatic carbocycles. The SMILES string of the molecule is CNc1cccc(NCCc2ccccc2F)c1[N+](=O)[O-]. The predicted molar refractivity (Wildman–Crippen MR) is 81.2 cm³/mol. The molecule has 5 nitrogen and oxygen atoms in total. The summed E-state index contributed by atoms with van der Waals surface area (Å²) in [6, 6.07) is 11.5. The van der Waals surface area contributed by atoms with Crippen molar-refractivity contribution in [3.63, 3.8) is 0 Å². The van der Waals surface area contributed by atoms with Crippen LogP contribution in [0.15, 0.2) is 42.5 Å². The van der Waals surface area contributed by atoms with Gasteiger partial charge in [0, 0.05) is 13.6 Å². The van der Waals surface area contributed by atoms with E-state index in [2.05, 4.69) is 10.6 Å². The predicted octanol–water partition coefficient (Wildman–Crippen LogP) is 3.43. The zero-order valence-electron chi connectivity index (χ0n) is 11.6. The molecule has 0 aliphatic heterocycles. The molecule has 0 radical (unpaired) electrons. The molecule has 21 heavy (non-hydrogen) atoms. The van der Waals surface area contributed by atoms with Crippen LogP contribution in [-0.2, 0) is 6.42 Å². The second-order valence-electron chi connectivity index (χ2n) is 4.48. The lowest BCUT2D eigenvalue weighted by Gasteiger charge is -2.10. The maximum absolute atomic E-state index is 13.5. The van der Waals surface area contributed by atoms with Gasteiger partial charge in [0.2, 0.25) is 0 Å². The van der Waals surface area contributed by atoms with Gasteiger partial charge in [-0.05, 0) is 30.2 Å². The molecule has 2 N–H and O–H groups in total. The Morgan fingerprint density at radius 3 is 2.52 bits per heavy atom. The maximum atomic E-state index is 13.5. The van der Waals surface area contributed by atoms with Gasteiger partial charge in [-0.3, -0.25) is 10.1 Å². The minimum absolute atomic E-state index is 0.00599. The molecule has 0 saturated heterocycles. The lowest BCUT2D eigenvalue weighted by Crippen LogP contribution is -2.09. The molecule has 2 aromatic carbocycles. The van der Waals surface area contributed by atoms with Gasteiger partial charge < -0.3 is 10.6 Å². The Bertz CT molecular complexity index is 647. The molecule has 0 heterocycles. The summed E-state index contributed by atoms with van der Waals surface area (Å²) >= 11 is 0. The van der Waals surface area contributed by atoms with Crippen LogP contribution < -0.4 is 10.6 Å². The Kier molecular flexibility index (Phi) is 4.71. The van der Waals surface area contributed by atoms with Crippen molar-refractivity contribution in [2.24, 2.45) is 0 Å². The Hall–Kier alpha value is -2.63. The van der Waals surface area contributed by atoms with Gasteiger partial charge in [-0.1, -0.05) is 24.3 Å². The van der Waals surface area contributed by atoms with Crippen LogP contribution >= 0.6 is 0 Å².